The first kappa shape index (κ1) is 17.1. The molecule has 1 amide bonds. The van der Waals surface area contributed by atoms with E-state index in [1.807, 2.05) is 6.07 Å². The Morgan fingerprint density at radius 3 is 2.62 bits per heavy atom. The van der Waals surface area contributed by atoms with Gasteiger partial charge in [-0.25, -0.2) is 9.97 Å². The average Bonchev–Trinajstić information content (AvgIpc) is 3.06. The lowest BCUT2D eigenvalue weighted by Gasteiger charge is -2.34. The van der Waals surface area contributed by atoms with E-state index in [2.05, 4.69) is 25.1 Å². The summed E-state index contributed by atoms with van der Waals surface area (Å²) >= 11 is 7.15. The van der Waals surface area contributed by atoms with Crippen molar-refractivity contribution in [1.29, 1.82) is 0 Å². The zero-order valence-corrected chi connectivity index (χ0v) is 14.9. The van der Waals surface area contributed by atoms with Gasteiger partial charge in [0.25, 0.3) is 5.91 Å². The third-order valence-corrected chi connectivity index (χ3v) is 5.17. The summed E-state index contributed by atoms with van der Waals surface area (Å²) in [6, 6.07) is 5.34. The van der Waals surface area contributed by atoms with Gasteiger partial charge in [-0.1, -0.05) is 11.6 Å². The van der Waals surface area contributed by atoms with Crippen molar-refractivity contribution in [2.45, 2.75) is 6.42 Å². The number of thiophene rings is 1. The summed E-state index contributed by atoms with van der Waals surface area (Å²) in [7, 11) is 0. The Labute approximate surface area is 150 Å². The Balaban J connectivity index is 1.33. The number of hydrogen-bond donors (Lipinski definition) is 1. The van der Waals surface area contributed by atoms with E-state index in [4.69, 9.17) is 11.6 Å². The summed E-state index contributed by atoms with van der Waals surface area (Å²) in [5.74, 6) is 0.761. The molecule has 0 aromatic carbocycles. The standard InChI is InChI=1S/C16H20ClN5OS/c17-14-4-3-13(24-14)15(23)18-7-2-8-21-9-11-22(12-10-21)16-19-5-1-6-20-16/h1,3-6H,2,7-12H2,(H,18,23). The highest BCUT2D eigenvalue weighted by Gasteiger charge is 2.18. The molecule has 128 valence electrons. The maximum absolute atomic E-state index is 11.9. The van der Waals surface area contributed by atoms with Gasteiger partial charge in [-0.2, -0.15) is 0 Å². The van der Waals surface area contributed by atoms with Crippen molar-refractivity contribution < 1.29 is 4.79 Å². The van der Waals surface area contributed by atoms with Crippen molar-refractivity contribution in [1.82, 2.24) is 20.2 Å². The van der Waals surface area contributed by atoms with E-state index in [0.29, 0.717) is 15.8 Å². The molecule has 1 saturated heterocycles. The Morgan fingerprint density at radius 1 is 1.21 bits per heavy atom. The van der Waals surface area contributed by atoms with Gasteiger partial charge in [-0.3, -0.25) is 9.69 Å². The first-order valence-corrected chi connectivity index (χ1v) is 9.20. The monoisotopic (exact) mass is 365 g/mol. The minimum atomic E-state index is -0.0436. The topological polar surface area (TPSA) is 61.4 Å². The molecule has 0 radical (unpaired) electrons. The minimum Gasteiger partial charge on any atom is -0.351 e. The van der Waals surface area contributed by atoms with Gasteiger partial charge in [0.1, 0.15) is 0 Å². The molecule has 1 fully saturated rings. The van der Waals surface area contributed by atoms with E-state index in [1.165, 1.54) is 11.3 Å². The largest absolute Gasteiger partial charge is 0.351 e. The smallest absolute Gasteiger partial charge is 0.261 e. The Hall–Kier alpha value is -1.70. The van der Waals surface area contributed by atoms with Crippen LogP contribution in [0.1, 0.15) is 16.1 Å². The second-order valence-electron chi connectivity index (χ2n) is 5.59. The highest BCUT2D eigenvalue weighted by Crippen LogP contribution is 2.21. The van der Waals surface area contributed by atoms with Crippen LogP contribution in [0.4, 0.5) is 5.95 Å². The molecule has 0 saturated carbocycles. The van der Waals surface area contributed by atoms with Crippen LogP contribution in [0.25, 0.3) is 0 Å². The highest BCUT2D eigenvalue weighted by molar-refractivity contribution is 7.17. The predicted molar refractivity (Wildman–Crippen MR) is 97.0 cm³/mol. The summed E-state index contributed by atoms with van der Waals surface area (Å²) in [6.45, 7) is 5.51. The van der Waals surface area contributed by atoms with Crippen molar-refractivity contribution in [3.63, 3.8) is 0 Å². The maximum Gasteiger partial charge on any atom is 0.261 e. The number of hydrogen-bond acceptors (Lipinski definition) is 6. The summed E-state index contributed by atoms with van der Waals surface area (Å²) in [6.07, 6.45) is 4.49. The van der Waals surface area contributed by atoms with Crippen molar-refractivity contribution in [2.24, 2.45) is 0 Å². The van der Waals surface area contributed by atoms with Gasteiger partial charge in [0.15, 0.2) is 0 Å². The zero-order valence-electron chi connectivity index (χ0n) is 13.3. The number of amides is 1. The molecule has 0 atom stereocenters. The zero-order chi connectivity index (χ0) is 16.8. The molecule has 1 aliphatic rings. The van der Waals surface area contributed by atoms with E-state index < -0.39 is 0 Å². The number of carbonyl (C=O) groups is 1. The summed E-state index contributed by atoms with van der Waals surface area (Å²) < 4.78 is 0.639. The Morgan fingerprint density at radius 2 is 1.96 bits per heavy atom. The lowest BCUT2D eigenvalue weighted by Crippen LogP contribution is -2.47. The molecule has 0 aliphatic carbocycles. The van der Waals surface area contributed by atoms with E-state index >= 15 is 0 Å². The van der Waals surface area contributed by atoms with Crippen LogP contribution in [0.3, 0.4) is 0 Å². The number of nitrogens with zero attached hydrogens (tertiary/aromatic N) is 4. The van der Waals surface area contributed by atoms with Crippen LogP contribution in [0.15, 0.2) is 30.6 Å². The lowest BCUT2D eigenvalue weighted by molar-refractivity contribution is 0.0955. The number of carbonyl (C=O) groups excluding carboxylic acids is 1. The van der Waals surface area contributed by atoms with Crippen LogP contribution >= 0.6 is 22.9 Å². The predicted octanol–water partition coefficient (Wildman–Crippen LogP) is 2.13. The second kappa shape index (κ2) is 8.41. The highest BCUT2D eigenvalue weighted by atomic mass is 35.5. The normalized spacial score (nSPS) is 15.5. The Bertz CT molecular complexity index is 657. The van der Waals surface area contributed by atoms with Gasteiger partial charge < -0.3 is 10.2 Å². The first-order chi connectivity index (χ1) is 11.7. The van der Waals surface area contributed by atoms with Crippen molar-refractivity contribution in [2.75, 3.05) is 44.2 Å². The third kappa shape index (κ3) is 4.66. The quantitative estimate of drug-likeness (QED) is 0.795. The molecule has 6 nitrogen and oxygen atoms in total. The number of halogens is 1. The molecule has 0 spiro atoms. The fraction of sp³-hybridized carbons (Fsp3) is 0.438. The van der Waals surface area contributed by atoms with Crippen LogP contribution in [0, 0.1) is 0 Å². The molecule has 3 heterocycles. The van der Waals surface area contributed by atoms with Gasteiger partial charge in [-0.15, -0.1) is 11.3 Å². The van der Waals surface area contributed by atoms with E-state index in [0.717, 1.165) is 45.1 Å². The van der Waals surface area contributed by atoms with Gasteiger partial charge in [0.05, 0.1) is 9.21 Å². The average molecular weight is 366 g/mol. The number of piperazine rings is 1. The van der Waals surface area contributed by atoms with Crippen molar-refractivity contribution in [3.8, 4) is 0 Å². The fourth-order valence-electron chi connectivity index (χ4n) is 2.65. The molecule has 3 rings (SSSR count). The third-order valence-electron chi connectivity index (χ3n) is 3.94. The molecule has 0 unspecified atom stereocenters. The number of nitrogens with one attached hydrogen (secondary N) is 1. The van der Waals surface area contributed by atoms with Gasteiger partial charge >= 0.3 is 0 Å². The van der Waals surface area contributed by atoms with Crippen LogP contribution in [0.2, 0.25) is 4.34 Å². The molecule has 1 aliphatic heterocycles. The minimum absolute atomic E-state index is 0.0436. The van der Waals surface area contributed by atoms with Crippen molar-refractivity contribution >= 4 is 34.8 Å². The van der Waals surface area contributed by atoms with E-state index in [1.54, 1.807) is 24.5 Å². The molecule has 2 aromatic heterocycles. The summed E-state index contributed by atoms with van der Waals surface area (Å²) in [4.78, 5) is 25.8. The van der Waals surface area contributed by atoms with Gasteiger partial charge in [0, 0.05) is 45.1 Å². The van der Waals surface area contributed by atoms with Gasteiger partial charge in [0.2, 0.25) is 5.95 Å². The summed E-state index contributed by atoms with van der Waals surface area (Å²) in [5, 5.41) is 2.94. The lowest BCUT2D eigenvalue weighted by atomic mass is 10.3. The number of rotatable bonds is 6. The molecule has 0 bridgehead atoms. The Kier molecular flexibility index (Phi) is 6.01. The SMILES string of the molecule is O=C(NCCCN1CCN(c2ncccn2)CC1)c1ccc(Cl)s1. The molecule has 24 heavy (non-hydrogen) atoms. The van der Waals surface area contributed by atoms with Crippen LogP contribution in [0.5, 0.6) is 0 Å². The molecule has 2 aromatic rings. The molecule has 1 N–H and O–H groups in total. The molecular formula is C16H20ClN5OS. The van der Waals surface area contributed by atoms with Gasteiger partial charge in [-0.05, 0) is 31.2 Å². The fourth-order valence-corrected chi connectivity index (χ4v) is 3.61. The van der Waals surface area contributed by atoms with Crippen LogP contribution in [-0.4, -0.2) is 60.0 Å². The first-order valence-electron chi connectivity index (χ1n) is 8.00. The summed E-state index contributed by atoms with van der Waals surface area (Å²) in [5.41, 5.74) is 0. The van der Waals surface area contributed by atoms with Crippen LogP contribution in [-0.2, 0) is 0 Å². The van der Waals surface area contributed by atoms with Crippen LogP contribution < -0.4 is 10.2 Å². The number of anilines is 1. The molecule has 8 heteroatoms. The number of aromatic nitrogens is 2. The second-order valence-corrected chi connectivity index (χ2v) is 7.31. The van der Waals surface area contributed by atoms with E-state index in [-0.39, 0.29) is 5.91 Å². The molecular weight excluding hydrogens is 346 g/mol. The van der Waals surface area contributed by atoms with E-state index in [9.17, 15) is 4.79 Å². The van der Waals surface area contributed by atoms with Crippen molar-refractivity contribution in [3.05, 3.63) is 39.8 Å². The maximum atomic E-state index is 11.9.